The van der Waals surface area contributed by atoms with Crippen LogP contribution in [-0.2, 0) is 4.74 Å². The Balaban J connectivity index is 1.35. The van der Waals surface area contributed by atoms with E-state index in [-0.39, 0.29) is 11.8 Å². The molecule has 1 atom stereocenters. The van der Waals surface area contributed by atoms with Gasteiger partial charge in [0.2, 0.25) is 0 Å². The van der Waals surface area contributed by atoms with E-state index in [1.807, 2.05) is 21.7 Å². The molecular weight excluding hydrogens is 358 g/mol. The third kappa shape index (κ3) is 3.24. The molecule has 0 aliphatic carbocycles. The summed E-state index contributed by atoms with van der Waals surface area (Å²) in [6.07, 6.45) is 7.01. The van der Waals surface area contributed by atoms with Gasteiger partial charge in [-0.2, -0.15) is 5.10 Å². The van der Waals surface area contributed by atoms with Crippen LogP contribution in [0, 0.1) is 0 Å². The van der Waals surface area contributed by atoms with Gasteiger partial charge in [0.15, 0.2) is 11.5 Å². The lowest BCUT2D eigenvalue weighted by molar-refractivity contribution is 0.0704. The number of amides is 1. The highest BCUT2D eigenvalue weighted by Crippen LogP contribution is 2.27. The number of carbonyl (C=O) groups is 1. The minimum atomic E-state index is 0.0109. The van der Waals surface area contributed by atoms with Crippen molar-refractivity contribution in [1.82, 2.24) is 19.5 Å². The normalized spacial score (nSPS) is 20.6. The zero-order valence-electron chi connectivity index (χ0n) is 15.7. The maximum Gasteiger partial charge on any atom is 0.257 e. The molecule has 5 rings (SSSR count). The quantitative estimate of drug-likeness (QED) is 0.692. The van der Waals surface area contributed by atoms with E-state index in [0.717, 1.165) is 62.8 Å². The predicted molar refractivity (Wildman–Crippen MR) is 103 cm³/mol. The van der Waals surface area contributed by atoms with Gasteiger partial charge in [-0.25, -0.2) is 9.50 Å². The first kappa shape index (κ1) is 17.2. The van der Waals surface area contributed by atoms with Gasteiger partial charge < -0.3 is 19.0 Å². The second kappa shape index (κ2) is 7.27. The average molecular weight is 381 g/mol. The molecule has 0 radical (unpaired) electrons. The zero-order chi connectivity index (χ0) is 18.9. The molecule has 2 saturated heterocycles. The smallest absolute Gasteiger partial charge is 0.257 e. The molecular formula is C20H23N5O3. The van der Waals surface area contributed by atoms with Crippen LogP contribution in [0.2, 0.25) is 0 Å². The molecule has 0 bridgehead atoms. The number of furan rings is 1. The number of carbonyl (C=O) groups excluding carboxylic acids is 1. The number of rotatable bonds is 3. The van der Waals surface area contributed by atoms with E-state index >= 15 is 0 Å². The highest BCUT2D eigenvalue weighted by molar-refractivity contribution is 5.93. The molecule has 0 saturated carbocycles. The molecule has 2 aliphatic heterocycles. The molecule has 0 N–H and O–H groups in total. The van der Waals surface area contributed by atoms with Gasteiger partial charge in [0, 0.05) is 32.1 Å². The molecule has 3 aromatic heterocycles. The van der Waals surface area contributed by atoms with Gasteiger partial charge in [-0.05, 0) is 31.0 Å². The second-order valence-electron chi connectivity index (χ2n) is 7.36. The lowest BCUT2D eigenvalue weighted by Crippen LogP contribution is -2.39. The van der Waals surface area contributed by atoms with Crippen molar-refractivity contribution in [1.29, 1.82) is 0 Å². The third-order valence-electron chi connectivity index (χ3n) is 5.55. The van der Waals surface area contributed by atoms with Crippen LogP contribution < -0.4 is 4.90 Å². The van der Waals surface area contributed by atoms with Crippen LogP contribution in [0.15, 0.2) is 41.3 Å². The summed E-state index contributed by atoms with van der Waals surface area (Å²) in [7, 11) is 0. The van der Waals surface area contributed by atoms with Gasteiger partial charge in [-0.15, -0.1) is 0 Å². The van der Waals surface area contributed by atoms with Crippen molar-refractivity contribution in [2.45, 2.75) is 18.8 Å². The largest absolute Gasteiger partial charge is 0.472 e. The Bertz CT molecular complexity index is 962. The van der Waals surface area contributed by atoms with E-state index in [2.05, 4.69) is 11.0 Å². The first-order valence-electron chi connectivity index (χ1n) is 9.78. The van der Waals surface area contributed by atoms with Crippen molar-refractivity contribution in [3.8, 4) is 0 Å². The fourth-order valence-electron chi connectivity index (χ4n) is 4.01. The number of hydrogen-bond acceptors (Lipinski definition) is 6. The van der Waals surface area contributed by atoms with Crippen molar-refractivity contribution in [3.63, 3.8) is 0 Å². The summed E-state index contributed by atoms with van der Waals surface area (Å²) in [6, 6.07) is 5.81. The van der Waals surface area contributed by atoms with Crippen LogP contribution in [0.5, 0.6) is 0 Å². The van der Waals surface area contributed by atoms with Crippen LogP contribution in [0.1, 0.15) is 34.9 Å². The van der Waals surface area contributed by atoms with Gasteiger partial charge in [0.25, 0.3) is 5.91 Å². The summed E-state index contributed by atoms with van der Waals surface area (Å²) in [6.45, 7) is 4.68. The molecule has 146 valence electrons. The summed E-state index contributed by atoms with van der Waals surface area (Å²) < 4.78 is 12.3. The number of likely N-dealkylation sites (tertiary alicyclic amines) is 1. The molecule has 0 aromatic carbocycles. The van der Waals surface area contributed by atoms with Crippen molar-refractivity contribution in [3.05, 3.63) is 48.3 Å². The second-order valence-corrected chi connectivity index (χ2v) is 7.36. The van der Waals surface area contributed by atoms with Gasteiger partial charge >= 0.3 is 0 Å². The van der Waals surface area contributed by atoms with Crippen molar-refractivity contribution < 1.29 is 13.9 Å². The number of piperidine rings is 1. The Labute approximate surface area is 162 Å². The predicted octanol–water partition coefficient (Wildman–Crippen LogP) is 2.18. The first-order valence-corrected chi connectivity index (χ1v) is 9.78. The van der Waals surface area contributed by atoms with Crippen LogP contribution >= 0.6 is 0 Å². The summed E-state index contributed by atoms with van der Waals surface area (Å²) in [5.74, 6) is 0.969. The number of hydrogen-bond donors (Lipinski definition) is 0. The Morgan fingerprint density at radius 2 is 2.04 bits per heavy atom. The average Bonchev–Trinajstić information content (AvgIpc) is 3.43. The molecule has 3 aromatic rings. The van der Waals surface area contributed by atoms with Crippen LogP contribution in [-0.4, -0.2) is 64.8 Å². The number of ether oxygens (including phenoxy) is 1. The fraction of sp³-hybridized carbons (Fsp3) is 0.450. The van der Waals surface area contributed by atoms with E-state index in [1.54, 1.807) is 6.07 Å². The number of morpholine rings is 1. The van der Waals surface area contributed by atoms with E-state index in [1.165, 1.54) is 12.5 Å². The Morgan fingerprint density at radius 1 is 1.14 bits per heavy atom. The third-order valence-corrected chi connectivity index (χ3v) is 5.55. The summed E-state index contributed by atoms with van der Waals surface area (Å²) in [5, 5.41) is 4.74. The maximum atomic E-state index is 12.6. The number of pyridine rings is 1. The lowest BCUT2D eigenvalue weighted by atomic mass is 9.97. The number of anilines is 1. The first-order chi connectivity index (χ1) is 13.8. The molecule has 0 unspecified atom stereocenters. The Morgan fingerprint density at radius 3 is 2.86 bits per heavy atom. The van der Waals surface area contributed by atoms with Crippen molar-refractivity contribution in [2.24, 2.45) is 0 Å². The lowest BCUT2D eigenvalue weighted by Gasteiger charge is -2.31. The number of fused-ring (bicyclic) bond motifs is 1. The standard InChI is InChI=1S/C20H23N5O3/c26-20(16-5-9-28-14-16)24-6-1-2-15(12-24)19-21-18-4-3-17(13-25(18)22-19)23-7-10-27-11-8-23/h3-5,9,13-15H,1-2,6-8,10-12H2/t15-/m0/s1. The van der Waals surface area contributed by atoms with Gasteiger partial charge in [0.05, 0.1) is 36.9 Å². The molecule has 1 amide bonds. The monoisotopic (exact) mass is 381 g/mol. The van der Waals surface area contributed by atoms with Crippen LogP contribution in [0.25, 0.3) is 5.65 Å². The maximum absolute atomic E-state index is 12.6. The summed E-state index contributed by atoms with van der Waals surface area (Å²) >= 11 is 0. The molecule has 2 fully saturated rings. The van der Waals surface area contributed by atoms with Crippen LogP contribution in [0.4, 0.5) is 5.69 Å². The summed E-state index contributed by atoms with van der Waals surface area (Å²) in [5.41, 5.74) is 2.57. The molecule has 8 heteroatoms. The molecule has 8 nitrogen and oxygen atoms in total. The molecule has 2 aliphatic rings. The Kier molecular flexibility index (Phi) is 4.48. The van der Waals surface area contributed by atoms with E-state index in [4.69, 9.17) is 19.2 Å². The van der Waals surface area contributed by atoms with Crippen molar-refractivity contribution >= 4 is 17.2 Å². The highest BCUT2D eigenvalue weighted by atomic mass is 16.5. The van der Waals surface area contributed by atoms with Gasteiger partial charge in [-0.1, -0.05) is 0 Å². The molecule has 28 heavy (non-hydrogen) atoms. The minimum absolute atomic E-state index is 0.0109. The SMILES string of the molecule is O=C(c1ccoc1)N1CCC[C@H](c2nc3ccc(N4CCOCC4)cn3n2)C1. The fourth-order valence-corrected chi connectivity index (χ4v) is 4.01. The van der Waals surface area contributed by atoms with Gasteiger partial charge in [0.1, 0.15) is 6.26 Å². The zero-order valence-corrected chi connectivity index (χ0v) is 15.7. The summed E-state index contributed by atoms with van der Waals surface area (Å²) in [4.78, 5) is 21.5. The van der Waals surface area contributed by atoms with E-state index < -0.39 is 0 Å². The highest BCUT2D eigenvalue weighted by Gasteiger charge is 2.28. The molecule has 5 heterocycles. The minimum Gasteiger partial charge on any atom is -0.472 e. The number of nitrogens with zero attached hydrogens (tertiary/aromatic N) is 5. The topological polar surface area (TPSA) is 76.1 Å². The van der Waals surface area contributed by atoms with E-state index in [0.29, 0.717) is 12.1 Å². The molecule has 0 spiro atoms. The van der Waals surface area contributed by atoms with Gasteiger partial charge in [-0.3, -0.25) is 4.79 Å². The van der Waals surface area contributed by atoms with Crippen LogP contribution in [0.3, 0.4) is 0 Å². The number of aromatic nitrogens is 3. The van der Waals surface area contributed by atoms with Crippen molar-refractivity contribution in [2.75, 3.05) is 44.3 Å². The van der Waals surface area contributed by atoms with E-state index in [9.17, 15) is 4.79 Å². The Hall–Kier alpha value is -2.87.